The average Bonchev–Trinajstić information content (AvgIpc) is 3.48. The van der Waals surface area contributed by atoms with E-state index in [1.54, 1.807) is 30.3 Å². The van der Waals surface area contributed by atoms with Crippen molar-refractivity contribution in [2.75, 3.05) is 13.2 Å². The van der Waals surface area contributed by atoms with E-state index in [9.17, 15) is 30.3 Å². The maximum atomic E-state index is 13.3. The molecule has 0 radical (unpaired) electrons. The zero-order valence-corrected chi connectivity index (χ0v) is 17.0. The number of rotatable bonds is 6. The van der Waals surface area contributed by atoms with Crippen LogP contribution in [0.5, 0.6) is 0 Å². The molecule has 0 bridgehead atoms. The van der Waals surface area contributed by atoms with Crippen LogP contribution in [0.25, 0.3) is 0 Å². The van der Waals surface area contributed by atoms with Crippen molar-refractivity contribution in [3.8, 4) is 0 Å². The lowest BCUT2D eigenvalue weighted by Crippen LogP contribution is -2.60. The van der Waals surface area contributed by atoms with Crippen molar-refractivity contribution in [3.63, 3.8) is 0 Å². The maximum absolute atomic E-state index is 13.3. The smallest absolute Gasteiger partial charge is 0.208 e. The first kappa shape index (κ1) is 21.9. The number of allylic oxidation sites excluding steroid dienone is 1. The third-order valence-electron chi connectivity index (χ3n) is 7.02. The minimum Gasteiger partial charge on any atom is -0.472 e. The molecule has 11 atom stereocenters. The summed E-state index contributed by atoms with van der Waals surface area (Å²) in [6, 6.07) is 8.82. The Morgan fingerprint density at radius 1 is 1.03 bits per heavy atom. The highest BCUT2D eigenvalue weighted by Crippen LogP contribution is 2.63. The second-order valence-corrected chi connectivity index (χ2v) is 8.68. The van der Waals surface area contributed by atoms with E-state index in [0.717, 1.165) is 0 Å². The first-order valence-corrected chi connectivity index (χ1v) is 10.6. The first-order chi connectivity index (χ1) is 15.4. The van der Waals surface area contributed by atoms with Crippen molar-refractivity contribution in [2.45, 2.75) is 48.7 Å². The number of hydrogen-bond donors (Lipinski definition) is 5. The number of aliphatic hydroxyl groups is 5. The number of ether oxygens (including phenoxy) is 4. The zero-order valence-electron chi connectivity index (χ0n) is 17.0. The van der Waals surface area contributed by atoms with Gasteiger partial charge in [0.05, 0.1) is 31.3 Å². The summed E-state index contributed by atoms with van der Waals surface area (Å²) in [5.41, 5.74) is -0.518. The van der Waals surface area contributed by atoms with Crippen LogP contribution in [-0.2, 0) is 18.9 Å². The molecule has 0 amide bonds. The molecule has 5 unspecified atom stereocenters. The van der Waals surface area contributed by atoms with Crippen LogP contribution in [0.3, 0.4) is 0 Å². The molecule has 3 aliphatic heterocycles. The van der Waals surface area contributed by atoms with Crippen LogP contribution in [0.15, 0.2) is 42.7 Å². The summed E-state index contributed by atoms with van der Waals surface area (Å²) in [6.45, 7) is -0.954. The predicted molar refractivity (Wildman–Crippen MR) is 105 cm³/mol. The summed E-state index contributed by atoms with van der Waals surface area (Å²) >= 11 is 0. The highest BCUT2D eigenvalue weighted by Gasteiger charge is 2.77. The minimum atomic E-state index is -1.61. The third kappa shape index (κ3) is 3.22. The maximum Gasteiger partial charge on any atom is 0.208 e. The Morgan fingerprint density at radius 3 is 2.47 bits per heavy atom. The van der Waals surface area contributed by atoms with E-state index in [1.807, 2.05) is 6.07 Å². The third-order valence-corrected chi connectivity index (χ3v) is 7.02. The molecular formula is C22H26O10. The summed E-state index contributed by atoms with van der Waals surface area (Å²) in [4.78, 5) is 13.3. The van der Waals surface area contributed by atoms with Crippen LogP contribution in [0.2, 0.25) is 0 Å². The van der Waals surface area contributed by atoms with Crippen molar-refractivity contribution < 1.29 is 49.3 Å². The zero-order chi connectivity index (χ0) is 22.6. The Kier molecular flexibility index (Phi) is 5.59. The van der Waals surface area contributed by atoms with Gasteiger partial charge in [-0.25, -0.2) is 0 Å². The molecule has 5 rings (SSSR count). The molecule has 10 heteroatoms. The van der Waals surface area contributed by atoms with Gasteiger partial charge in [0.25, 0.3) is 0 Å². The number of carbonyl (C=O) groups excluding carboxylic acids is 1. The van der Waals surface area contributed by atoms with Crippen LogP contribution >= 0.6 is 0 Å². The van der Waals surface area contributed by atoms with Gasteiger partial charge < -0.3 is 44.5 Å². The van der Waals surface area contributed by atoms with E-state index in [2.05, 4.69) is 0 Å². The highest BCUT2D eigenvalue weighted by atomic mass is 16.8. The molecule has 10 nitrogen and oxygen atoms in total. The molecule has 0 spiro atoms. The Labute approximate surface area is 183 Å². The van der Waals surface area contributed by atoms with Gasteiger partial charge in [0.15, 0.2) is 12.1 Å². The Hall–Kier alpha value is -1.89. The van der Waals surface area contributed by atoms with Gasteiger partial charge in [-0.3, -0.25) is 4.79 Å². The van der Waals surface area contributed by atoms with Crippen molar-refractivity contribution in [1.82, 2.24) is 0 Å². The molecule has 1 aromatic rings. The second-order valence-electron chi connectivity index (χ2n) is 8.68. The predicted octanol–water partition coefficient (Wildman–Crippen LogP) is -1.45. The molecule has 1 aliphatic carbocycles. The Bertz CT molecular complexity index is 875. The van der Waals surface area contributed by atoms with Crippen molar-refractivity contribution >= 4 is 5.78 Å². The number of hydrogen-bond acceptors (Lipinski definition) is 10. The number of ketones is 1. The van der Waals surface area contributed by atoms with Crippen molar-refractivity contribution in [2.24, 2.45) is 17.8 Å². The molecule has 0 aromatic heterocycles. The van der Waals surface area contributed by atoms with Crippen LogP contribution < -0.4 is 0 Å². The van der Waals surface area contributed by atoms with Gasteiger partial charge in [0, 0.05) is 11.5 Å². The summed E-state index contributed by atoms with van der Waals surface area (Å²) in [7, 11) is 0. The molecule has 1 saturated carbocycles. The van der Waals surface area contributed by atoms with Gasteiger partial charge in [-0.2, -0.15) is 0 Å². The van der Waals surface area contributed by atoms with E-state index in [4.69, 9.17) is 18.9 Å². The molecule has 3 heterocycles. The molecule has 1 aromatic carbocycles. The normalized spacial score (nSPS) is 46.8. The molecule has 5 N–H and O–H groups in total. The van der Waals surface area contributed by atoms with Gasteiger partial charge in [0.2, 0.25) is 6.29 Å². The summed E-state index contributed by atoms with van der Waals surface area (Å²) in [6.07, 6.45) is -5.74. The van der Waals surface area contributed by atoms with Gasteiger partial charge in [-0.15, -0.1) is 0 Å². The molecule has 4 aliphatic rings. The average molecular weight is 450 g/mol. The number of carbonyl (C=O) groups is 1. The first-order valence-electron chi connectivity index (χ1n) is 10.6. The fourth-order valence-electron chi connectivity index (χ4n) is 5.32. The van der Waals surface area contributed by atoms with E-state index in [-0.39, 0.29) is 18.3 Å². The minimum absolute atomic E-state index is 0.114. The number of Topliss-reactive ketones (excluding diaryl/α,β-unsaturated/α-hetero) is 1. The van der Waals surface area contributed by atoms with Crippen LogP contribution in [0, 0.1) is 17.8 Å². The number of benzene rings is 1. The topological polar surface area (TPSA) is 158 Å². The number of fused-ring (bicyclic) bond motifs is 3. The van der Waals surface area contributed by atoms with E-state index in [0.29, 0.717) is 5.56 Å². The lowest BCUT2D eigenvalue weighted by Gasteiger charge is -2.43. The molecular weight excluding hydrogens is 424 g/mol. The lowest BCUT2D eigenvalue weighted by molar-refractivity contribution is -0.344. The monoisotopic (exact) mass is 450 g/mol. The largest absolute Gasteiger partial charge is 0.472 e. The Balaban J connectivity index is 1.40. The molecule has 2 saturated heterocycles. The highest BCUT2D eigenvalue weighted by molar-refractivity contribution is 5.99. The van der Waals surface area contributed by atoms with Gasteiger partial charge in [0.1, 0.15) is 36.1 Å². The lowest BCUT2D eigenvalue weighted by atomic mass is 9.81. The van der Waals surface area contributed by atoms with E-state index >= 15 is 0 Å². The van der Waals surface area contributed by atoms with Crippen LogP contribution in [-0.4, -0.2) is 93.2 Å². The fourth-order valence-corrected chi connectivity index (χ4v) is 5.32. The van der Waals surface area contributed by atoms with Crippen molar-refractivity contribution in [3.05, 3.63) is 48.2 Å². The fraction of sp³-hybridized carbons (Fsp3) is 0.591. The van der Waals surface area contributed by atoms with Crippen LogP contribution in [0.4, 0.5) is 0 Å². The second kappa shape index (κ2) is 8.15. The van der Waals surface area contributed by atoms with Crippen LogP contribution in [0.1, 0.15) is 10.4 Å². The number of aliphatic hydroxyl groups excluding tert-OH is 5. The van der Waals surface area contributed by atoms with Gasteiger partial charge in [-0.1, -0.05) is 30.3 Å². The van der Waals surface area contributed by atoms with Gasteiger partial charge >= 0.3 is 0 Å². The molecule has 3 fully saturated rings. The summed E-state index contributed by atoms with van der Waals surface area (Å²) in [5.74, 6) is -1.63. The van der Waals surface area contributed by atoms with Crippen molar-refractivity contribution in [1.29, 1.82) is 0 Å². The quantitative estimate of drug-likeness (QED) is 0.256. The number of epoxide rings is 1. The van der Waals surface area contributed by atoms with E-state index in [1.165, 1.54) is 6.26 Å². The van der Waals surface area contributed by atoms with E-state index < -0.39 is 67.1 Å². The standard InChI is InChI=1S/C22H26O10/c23-8-12-16(26)17(27)18(28)21(30-12)31-20-14-11(6-7-29-20)13(19-22(14,9-24)32-19)15(25)10-4-2-1-3-5-10/h1-7,11-14,16-21,23-24,26-28H,8-9H2/t11?,12-,13?,14?,16-,17+,18-,19?,20?,21+,22-/m1/s1. The summed E-state index contributed by atoms with van der Waals surface area (Å²) < 4.78 is 22.7. The molecule has 32 heavy (non-hydrogen) atoms. The summed E-state index contributed by atoms with van der Waals surface area (Å²) in [5, 5.41) is 49.9. The molecule has 174 valence electrons. The van der Waals surface area contributed by atoms with Gasteiger partial charge in [-0.05, 0) is 6.08 Å². The Morgan fingerprint density at radius 2 is 1.78 bits per heavy atom. The SMILES string of the molecule is O=C(c1ccccc1)C1C2C=COC(O[C@@H]3O[C@H](CO)[C@@H](O)[C@H](O)[C@H]3O)C2[C@@]2(CO)OC12.